The van der Waals surface area contributed by atoms with Crippen molar-refractivity contribution in [2.45, 2.75) is 56.4 Å². The number of fused-ring (bicyclic) bond motifs is 2. The number of amides is 1. The van der Waals surface area contributed by atoms with Gasteiger partial charge in [-0.3, -0.25) is 9.69 Å². The number of morpholine rings is 1. The number of rotatable bonds is 5. The second kappa shape index (κ2) is 5.15. The van der Waals surface area contributed by atoms with Gasteiger partial charge in [0.25, 0.3) is 0 Å². The van der Waals surface area contributed by atoms with Gasteiger partial charge >= 0.3 is 0 Å². The highest BCUT2D eigenvalue weighted by Gasteiger charge is 2.36. The molecule has 2 bridgehead atoms. The number of hydrogen-bond donors (Lipinski definition) is 2. The molecule has 3 atom stereocenters. The Bertz CT molecular complexity index is 307. The predicted molar refractivity (Wildman–Crippen MR) is 68.1 cm³/mol. The fourth-order valence-electron chi connectivity index (χ4n) is 3.03. The second-order valence-corrected chi connectivity index (χ2v) is 5.85. The van der Waals surface area contributed by atoms with E-state index in [1.54, 1.807) is 0 Å². The van der Waals surface area contributed by atoms with Crippen molar-refractivity contribution in [3.8, 4) is 0 Å². The zero-order valence-electron chi connectivity index (χ0n) is 10.8. The van der Waals surface area contributed by atoms with E-state index in [9.17, 15) is 4.79 Å². The second-order valence-electron chi connectivity index (χ2n) is 5.85. The molecule has 0 spiro atoms. The minimum Gasteiger partial charge on any atom is -0.372 e. The Morgan fingerprint density at radius 1 is 1.28 bits per heavy atom. The molecule has 0 aromatic carbocycles. The lowest BCUT2D eigenvalue weighted by molar-refractivity contribution is -0.123. The van der Waals surface area contributed by atoms with Crippen molar-refractivity contribution in [1.82, 2.24) is 10.2 Å². The fraction of sp³-hybridized carbons (Fsp3) is 0.923. The minimum atomic E-state index is 0.159. The molecule has 0 aromatic rings. The number of carbonyl (C=O) groups excluding carboxylic acids is 1. The van der Waals surface area contributed by atoms with Gasteiger partial charge in [-0.2, -0.15) is 0 Å². The number of carbonyl (C=O) groups is 1. The molecule has 3 N–H and O–H groups in total. The standard InChI is InChI=1S/C13H23N3O2/c14-6-10(5-13(17)15-9-1-2-9)16-7-11-3-4-12(8-16)18-11/h9-12H,1-8,14H2,(H,15,17). The van der Waals surface area contributed by atoms with E-state index < -0.39 is 0 Å². The summed E-state index contributed by atoms with van der Waals surface area (Å²) in [5, 5.41) is 3.04. The van der Waals surface area contributed by atoms with E-state index in [0.717, 1.165) is 38.8 Å². The minimum absolute atomic E-state index is 0.159. The van der Waals surface area contributed by atoms with Gasteiger partial charge in [0.15, 0.2) is 0 Å². The first-order valence-electron chi connectivity index (χ1n) is 7.13. The van der Waals surface area contributed by atoms with Crippen molar-refractivity contribution in [1.29, 1.82) is 0 Å². The van der Waals surface area contributed by atoms with Crippen LogP contribution in [0.1, 0.15) is 32.1 Å². The summed E-state index contributed by atoms with van der Waals surface area (Å²) in [7, 11) is 0. The Balaban J connectivity index is 1.52. The van der Waals surface area contributed by atoms with E-state index in [1.807, 2.05) is 0 Å². The van der Waals surface area contributed by atoms with E-state index in [-0.39, 0.29) is 11.9 Å². The van der Waals surface area contributed by atoms with Crippen molar-refractivity contribution in [2.24, 2.45) is 5.73 Å². The maximum atomic E-state index is 11.9. The third-order valence-electron chi connectivity index (χ3n) is 4.22. The first-order valence-corrected chi connectivity index (χ1v) is 7.13. The van der Waals surface area contributed by atoms with Crippen LogP contribution in [0.3, 0.4) is 0 Å². The van der Waals surface area contributed by atoms with Crippen LogP contribution in [0.25, 0.3) is 0 Å². The molecule has 3 rings (SSSR count). The summed E-state index contributed by atoms with van der Waals surface area (Å²) < 4.78 is 5.82. The molecule has 1 aliphatic carbocycles. The summed E-state index contributed by atoms with van der Waals surface area (Å²) in [6.45, 7) is 2.43. The van der Waals surface area contributed by atoms with Gasteiger partial charge in [-0.05, 0) is 25.7 Å². The fourth-order valence-corrected chi connectivity index (χ4v) is 3.03. The van der Waals surface area contributed by atoms with Crippen LogP contribution in [-0.2, 0) is 9.53 Å². The van der Waals surface area contributed by atoms with Crippen molar-refractivity contribution in [3.63, 3.8) is 0 Å². The summed E-state index contributed by atoms with van der Waals surface area (Å²) in [4.78, 5) is 14.2. The molecule has 0 radical (unpaired) electrons. The molecule has 2 heterocycles. The Morgan fingerprint density at radius 2 is 1.94 bits per heavy atom. The highest BCUT2D eigenvalue weighted by Crippen LogP contribution is 2.28. The summed E-state index contributed by atoms with van der Waals surface area (Å²) >= 11 is 0. The van der Waals surface area contributed by atoms with Gasteiger partial charge in [-0.25, -0.2) is 0 Å². The molecule has 3 unspecified atom stereocenters. The van der Waals surface area contributed by atoms with Crippen LogP contribution in [0.4, 0.5) is 0 Å². The van der Waals surface area contributed by atoms with Crippen LogP contribution in [0.15, 0.2) is 0 Å². The topological polar surface area (TPSA) is 67.6 Å². The predicted octanol–water partition coefficient (Wildman–Crippen LogP) is -0.154. The number of ether oxygens (including phenoxy) is 1. The van der Waals surface area contributed by atoms with E-state index in [0.29, 0.717) is 31.2 Å². The van der Waals surface area contributed by atoms with Crippen LogP contribution >= 0.6 is 0 Å². The Hall–Kier alpha value is -0.650. The molecule has 1 saturated carbocycles. The average Bonchev–Trinajstić information content (AvgIpc) is 3.11. The largest absolute Gasteiger partial charge is 0.372 e. The van der Waals surface area contributed by atoms with E-state index in [2.05, 4.69) is 10.2 Å². The SMILES string of the molecule is NCC(CC(=O)NC1CC1)N1CC2CCC(C1)O2. The van der Waals surface area contributed by atoms with Crippen LogP contribution in [0, 0.1) is 0 Å². The third kappa shape index (κ3) is 2.84. The lowest BCUT2D eigenvalue weighted by Crippen LogP contribution is -2.52. The highest BCUT2D eigenvalue weighted by atomic mass is 16.5. The summed E-state index contributed by atoms with van der Waals surface area (Å²) in [5.41, 5.74) is 5.85. The van der Waals surface area contributed by atoms with Crippen LogP contribution in [0.5, 0.6) is 0 Å². The average molecular weight is 253 g/mol. The van der Waals surface area contributed by atoms with Gasteiger partial charge in [0, 0.05) is 38.1 Å². The number of nitrogens with one attached hydrogen (secondary N) is 1. The van der Waals surface area contributed by atoms with Crippen molar-refractivity contribution in [3.05, 3.63) is 0 Å². The first-order chi connectivity index (χ1) is 8.74. The number of nitrogens with zero attached hydrogens (tertiary/aromatic N) is 1. The summed E-state index contributed by atoms with van der Waals surface area (Å²) in [6, 6.07) is 0.618. The van der Waals surface area contributed by atoms with Gasteiger partial charge in [0.05, 0.1) is 12.2 Å². The summed E-state index contributed by atoms with van der Waals surface area (Å²) in [6.07, 6.45) is 5.86. The molecule has 0 aromatic heterocycles. The molecule has 3 aliphatic rings. The highest BCUT2D eigenvalue weighted by molar-refractivity contribution is 5.77. The van der Waals surface area contributed by atoms with E-state index in [1.165, 1.54) is 0 Å². The Labute approximate surface area is 108 Å². The quantitative estimate of drug-likeness (QED) is 0.715. The molecule has 1 amide bonds. The molecule has 2 saturated heterocycles. The van der Waals surface area contributed by atoms with Crippen molar-refractivity contribution in [2.75, 3.05) is 19.6 Å². The van der Waals surface area contributed by atoms with E-state index >= 15 is 0 Å². The smallest absolute Gasteiger partial charge is 0.221 e. The number of nitrogens with two attached hydrogens (primary N) is 1. The summed E-state index contributed by atoms with van der Waals surface area (Å²) in [5.74, 6) is 0.159. The van der Waals surface area contributed by atoms with Gasteiger partial charge in [-0.15, -0.1) is 0 Å². The maximum absolute atomic E-state index is 11.9. The van der Waals surface area contributed by atoms with Gasteiger partial charge in [0.1, 0.15) is 0 Å². The molecule has 18 heavy (non-hydrogen) atoms. The van der Waals surface area contributed by atoms with Gasteiger partial charge < -0.3 is 15.8 Å². The molecule has 3 fully saturated rings. The zero-order valence-corrected chi connectivity index (χ0v) is 10.8. The normalized spacial score (nSPS) is 33.4. The van der Waals surface area contributed by atoms with Crippen LogP contribution in [-0.4, -0.2) is 54.7 Å². The molecular formula is C13H23N3O2. The molecular weight excluding hydrogens is 230 g/mol. The van der Waals surface area contributed by atoms with Crippen LogP contribution in [0.2, 0.25) is 0 Å². The molecule has 102 valence electrons. The van der Waals surface area contributed by atoms with Crippen molar-refractivity contribution >= 4 is 5.91 Å². The van der Waals surface area contributed by atoms with Crippen LogP contribution < -0.4 is 11.1 Å². The first kappa shape index (κ1) is 12.4. The number of likely N-dealkylation sites (tertiary alicyclic amines) is 1. The monoisotopic (exact) mass is 253 g/mol. The molecule has 5 heteroatoms. The lowest BCUT2D eigenvalue weighted by Gasteiger charge is -2.37. The Kier molecular flexibility index (Phi) is 3.54. The zero-order chi connectivity index (χ0) is 12.5. The molecule has 5 nitrogen and oxygen atoms in total. The Morgan fingerprint density at radius 3 is 2.50 bits per heavy atom. The molecule has 2 aliphatic heterocycles. The van der Waals surface area contributed by atoms with Gasteiger partial charge in [-0.1, -0.05) is 0 Å². The van der Waals surface area contributed by atoms with Gasteiger partial charge in [0.2, 0.25) is 5.91 Å². The maximum Gasteiger partial charge on any atom is 0.221 e. The lowest BCUT2D eigenvalue weighted by atomic mass is 10.1. The third-order valence-corrected chi connectivity index (χ3v) is 4.22. The van der Waals surface area contributed by atoms with Crippen molar-refractivity contribution < 1.29 is 9.53 Å². The number of hydrogen-bond acceptors (Lipinski definition) is 4. The van der Waals surface area contributed by atoms with E-state index in [4.69, 9.17) is 10.5 Å².